The predicted octanol–water partition coefficient (Wildman–Crippen LogP) is 3.31. The maximum absolute atomic E-state index is 6.64. The fourth-order valence-electron chi connectivity index (χ4n) is 3.59. The molecule has 118 valence electrons. The van der Waals surface area contributed by atoms with Crippen molar-refractivity contribution in [2.45, 2.75) is 57.7 Å². The highest BCUT2D eigenvalue weighted by Gasteiger charge is 2.35. The van der Waals surface area contributed by atoms with Crippen LogP contribution in [0, 0.1) is 0 Å². The Morgan fingerprint density at radius 2 is 2.00 bits per heavy atom. The van der Waals surface area contributed by atoms with Crippen LogP contribution in [0.1, 0.15) is 56.7 Å². The van der Waals surface area contributed by atoms with E-state index in [4.69, 9.17) is 10.5 Å². The average molecular weight is 290 g/mol. The summed E-state index contributed by atoms with van der Waals surface area (Å²) in [5, 5.41) is 0. The van der Waals surface area contributed by atoms with E-state index < -0.39 is 0 Å². The number of benzene rings is 1. The van der Waals surface area contributed by atoms with E-state index in [1.54, 1.807) is 7.11 Å². The van der Waals surface area contributed by atoms with Crippen molar-refractivity contribution in [2.75, 3.05) is 20.3 Å². The number of nitrogens with two attached hydrogens (primary N) is 1. The molecule has 0 saturated carbocycles. The molecule has 1 aliphatic carbocycles. The van der Waals surface area contributed by atoms with Gasteiger partial charge in [0.2, 0.25) is 0 Å². The molecule has 0 heterocycles. The Labute approximate surface area is 129 Å². The maximum atomic E-state index is 6.64. The van der Waals surface area contributed by atoms with Crippen molar-refractivity contribution in [3.8, 4) is 0 Å². The quantitative estimate of drug-likeness (QED) is 0.873. The molecule has 0 bridgehead atoms. The number of ether oxygens (including phenoxy) is 1. The normalized spacial score (nSPS) is 26.7. The molecule has 0 radical (unpaired) electrons. The van der Waals surface area contributed by atoms with Crippen LogP contribution in [0.4, 0.5) is 0 Å². The zero-order valence-corrected chi connectivity index (χ0v) is 13.9. The number of nitrogens with zero attached hydrogens (tertiary/aromatic N) is 1. The van der Waals surface area contributed by atoms with Crippen molar-refractivity contribution in [3.05, 3.63) is 35.4 Å². The van der Waals surface area contributed by atoms with Gasteiger partial charge in [-0.05, 0) is 36.8 Å². The lowest BCUT2D eigenvalue weighted by molar-refractivity contribution is 0.0659. The van der Waals surface area contributed by atoms with Crippen LogP contribution in [0.2, 0.25) is 0 Å². The van der Waals surface area contributed by atoms with Gasteiger partial charge in [-0.25, -0.2) is 0 Å². The molecule has 0 spiro atoms. The summed E-state index contributed by atoms with van der Waals surface area (Å²) in [5.41, 5.74) is 9.39. The van der Waals surface area contributed by atoms with Gasteiger partial charge >= 0.3 is 0 Å². The number of rotatable bonds is 6. The molecule has 0 amide bonds. The maximum Gasteiger partial charge on any atom is 0.0589 e. The fraction of sp³-hybridized carbons (Fsp3) is 0.667. The molecule has 0 saturated heterocycles. The molecule has 0 aromatic heterocycles. The molecule has 0 aliphatic heterocycles. The third kappa shape index (κ3) is 3.47. The van der Waals surface area contributed by atoms with Crippen molar-refractivity contribution in [3.63, 3.8) is 0 Å². The summed E-state index contributed by atoms with van der Waals surface area (Å²) >= 11 is 0. The lowest BCUT2D eigenvalue weighted by Crippen LogP contribution is -2.50. The fourth-order valence-corrected chi connectivity index (χ4v) is 3.59. The molecule has 3 nitrogen and oxygen atoms in total. The molecule has 1 aromatic carbocycles. The summed E-state index contributed by atoms with van der Waals surface area (Å²) in [5.74, 6) is 0.570. The summed E-state index contributed by atoms with van der Waals surface area (Å²) in [6, 6.07) is 9.71. The Kier molecular flexibility index (Phi) is 5.80. The van der Waals surface area contributed by atoms with Gasteiger partial charge in [-0.15, -0.1) is 0 Å². The van der Waals surface area contributed by atoms with Crippen molar-refractivity contribution >= 4 is 0 Å². The highest BCUT2D eigenvalue weighted by Crippen LogP contribution is 2.39. The summed E-state index contributed by atoms with van der Waals surface area (Å²) in [6.45, 7) is 8.59. The second-order valence-electron chi connectivity index (χ2n) is 6.35. The van der Waals surface area contributed by atoms with Crippen LogP contribution in [0.5, 0.6) is 0 Å². The van der Waals surface area contributed by atoms with Gasteiger partial charge in [0, 0.05) is 31.8 Å². The van der Waals surface area contributed by atoms with E-state index in [0.29, 0.717) is 18.0 Å². The van der Waals surface area contributed by atoms with Gasteiger partial charge in [-0.2, -0.15) is 0 Å². The van der Waals surface area contributed by atoms with Gasteiger partial charge < -0.3 is 10.5 Å². The van der Waals surface area contributed by atoms with E-state index in [0.717, 1.165) is 26.0 Å². The molecule has 1 aliphatic rings. The minimum atomic E-state index is 0.100. The zero-order valence-electron chi connectivity index (χ0n) is 13.9. The largest absolute Gasteiger partial charge is 0.383 e. The minimum Gasteiger partial charge on any atom is -0.383 e. The van der Waals surface area contributed by atoms with Gasteiger partial charge in [0.25, 0.3) is 0 Å². The van der Waals surface area contributed by atoms with E-state index in [1.807, 2.05) is 0 Å². The van der Waals surface area contributed by atoms with Gasteiger partial charge in [-0.1, -0.05) is 38.1 Å². The van der Waals surface area contributed by atoms with Crippen LogP contribution in [0.25, 0.3) is 0 Å². The van der Waals surface area contributed by atoms with E-state index in [2.05, 4.69) is 49.9 Å². The highest BCUT2D eigenvalue weighted by atomic mass is 16.5. The molecule has 2 rings (SSSR count). The molecular weight excluding hydrogens is 260 g/mol. The standard InChI is InChI=1S/C18H30N2O/c1-5-14(3)20(10-11-21-4)17-12-13(2)15-8-6-7-9-16(15)18(17)19/h6-9,13-14,17-18H,5,10-12,19H2,1-4H3. The first-order valence-corrected chi connectivity index (χ1v) is 8.19. The van der Waals surface area contributed by atoms with Crippen LogP contribution in [-0.2, 0) is 4.74 Å². The van der Waals surface area contributed by atoms with Crippen molar-refractivity contribution in [2.24, 2.45) is 5.73 Å². The summed E-state index contributed by atoms with van der Waals surface area (Å²) < 4.78 is 5.31. The molecule has 21 heavy (non-hydrogen) atoms. The summed E-state index contributed by atoms with van der Waals surface area (Å²) in [6.07, 6.45) is 2.27. The first-order valence-electron chi connectivity index (χ1n) is 8.19. The van der Waals surface area contributed by atoms with Gasteiger partial charge in [0.15, 0.2) is 0 Å². The SMILES string of the molecule is CCC(C)N(CCOC)C1CC(C)c2ccccc2C1N. The second kappa shape index (κ2) is 7.39. The first kappa shape index (κ1) is 16.5. The monoisotopic (exact) mass is 290 g/mol. The smallest absolute Gasteiger partial charge is 0.0589 e. The Hall–Kier alpha value is -0.900. The Balaban J connectivity index is 2.26. The molecule has 4 atom stereocenters. The number of fused-ring (bicyclic) bond motifs is 1. The van der Waals surface area contributed by atoms with Crippen LogP contribution >= 0.6 is 0 Å². The van der Waals surface area contributed by atoms with Crippen LogP contribution in [-0.4, -0.2) is 37.2 Å². The van der Waals surface area contributed by atoms with E-state index >= 15 is 0 Å². The van der Waals surface area contributed by atoms with E-state index in [-0.39, 0.29) is 6.04 Å². The molecule has 0 fully saturated rings. The minimum absolute atomic E-state index is 0.100. The van der Waals surface area contributed by atoms with Crippen LogP contribution < -0.4 is 5.73 Å². The van der Waals surface area contributed by atoms with Gasteiger partial charge in [0.1, 0.15) is 0 Å². The predicted molar refractivity (Wildman–Crippen MR) is 88.5 cm³/mol. The third-order valence-electron chi connectivity index (χ3n) is 5.03. The Bertz CT molecular complexity index is 449. The topological polar surface area (TPSA) is 38.5 Å². The lowest BCUT2D eigenvalue weighted by Gasteiger charge is -2.44. The summed E-state index contributed by atoms with van der Waals surface area (Å²) in [4.78, 5) is 2.56. The Morgan fingerprint density at radius 3 is 2.62 bits per heavy atom. The molecular formula is C18H30N2O. The van der Waals surface area contributed by atoms with E-state index in [9.17, 15) is 0 Å². The van der Waals surface area contributed by atoms with Crippen molar-refractivity contribution < 1.29 is 4.74 Å². The number of methoxy groups -OCH3 is 1. The molecule has 2 N–H and O–H groups in total. The van der Waals surface area contributed by atoms with Gasteiger partial charge in [0.05, 0.1) is 6.61 Å². The van der Waals surface area contributed by atoms with Crippen molar-refractivity contribution in [1.29, 1.82) is 0 Å². The zero-order chi connectivity index (χ0) is 15.4. The second-order valence-corrected chi connectivity index (χ2v) is 6.35. The molecule has 3 heteroatoms. The van der Waals surface area contributed by atoms with Crippen LogP contribution in [0.15, 0.2) is 24.3 Å². The highest BCUT2D eigenvalue weighted by molar-refractivity contribution is 5.36. The molecule has 1 aromatic rings. The van der Waals surface area contributed by atoms with Gasteiger partial charge in [-0.3, -0.25) is 4.90 Å². The lowest BCUT2D eigenvalue weighted by atomic mass is 9.77. The number of hydrogen-bond donors (Lipinski definition) is 1. The summed E-state index contributed by atoms with van der Waals surface area (Å²) in [7, 11) is 1.77. The third-order valence-corrected chi connectivity index (χ3v) is 5.03. The Morgan fingerprint density at radius 1 is 1.33 bits per heavy atom. The van der Waals surface area contributed by atoms with Crippen LogP contribution in [0.3, 0.4) is 0 Å². The number of hydrogen-bond acceptors (Lipinski definition) is 3. The first-order chi connectivity index (χ1) is 10.1. The average Bonchev–Trinajstić information content (AvgIpc) is 2.51. The molecule has 4 unspecified atom stereocenters. The van der Waals surface area contributed by atoms with Crippen molar-refractivity contribution in [1.82, 2.24) is 4.90 Å². The van der Waals surface area contributed by atoms with E-state index in [1.165, 1.54) is 11.1 Å².